The summed E-state index contributed by atoms with van der Waals surface area (Å²) in [6.07, 6.45) is 0.344. The molecule has 0 atom stereocenters. The van der Waals surface area contributed by atoms with Crippen LogP contribution in [0.5, 0.6) is 0 Å². The van der Waals surface area contributed by atoms with Crippen molar-refractivity contribution in [1.29, 1.82) is 0 Å². The van der Waals surface area contributed by atoms with E-state index in [-0.39, 0.29) is 5.91 Å². The Morgan fingerprint density at radius 1 is 1.25 bits per heavy atom. The lowest BCUT2D eigenvalue weighted by molar-refractivity contribution is -0.115. The highest BCUT2D eigenvalue weighted by Gasteiger charge is 2.10. The fourth-order valence-corrected chi connectivity index (χ4v) is 4.58. The topological polar surface area (TPSA) is 42.0 Å². The first-order valence-corrected chi connectivity index (χ1v) is 10.4. The summed E-state index contributed by atoms with van der Waals surface area (Å²) >= 11 is 10.6. The summed E-state index contributed by atoms with van der Waals surface area (Å²) in [4.78, 5) is 18.8. The van der Waals surface area contributed by atoms with E-state index in [1.807, 2.05) is 29.6 Å². The second-order valence-corrected chi connectivity index (χ2v) is 8.85. The number of amides is 1. The molecule has 0 saturated carbocycles. The molecule has 0 radical (unpaired) electrons. The number of rotatable bonds is 6. The van der Waals surface area contributed by atoms with Crippen LogP contribution < -0.4 is 5.32 Å². The van der Waals surface area contributed by atoms with Crippen molar-refractivity contribution in [3.63, 3.8) is 0 Å². The highest BCUT2D eigenvalue weighted by Crippen LogP contribution is 2.32. The Bertz CT molecular complexity index is 826. The lowest BCUT2D eigenvalue weighted by Gasteiger charge is -2.03. The van der Waals surface area contributed by atoms with E-state index in [1.165, 1.54) is 27.6 Å². The minimum Gasteiger partial charge on any atom is -0.302 e. The van der Waals surface area contributed by atoms with Crippen molar-refractivity contribution in [1.82, 2.24) is 4.98 Å². The number of thiazole rings is 1. The first kappa shape index (κ1) is 17.5. The van der Waals surface area contributed by atoms with E-state index in [2.05, 4.69) is 29.4 Å². The minimum atomic E-state index is -0.0593. The Morgan fingerprint density at radius 3 is 2.71 bits per heavy atom. The van der Waals surface area contributed by atoms with Gasteiger partial charge in [-0.2, -0.15) is 0 Å². The lowest BCUT2D eigenvalue weighted by Crippen LogP contribution is -2.14. The number of hydrogen-bond acceptors (Lipinski definition) is 5. The van der Waals surface area contributed by atoms with Gasteiger partial charge < -0.3 is 5.32 Å². The first-order valence-electron chi connectivity index (χ1n) is 7.37. The summed E-state index contributed by atoms with van der Waals surface area (Å²) in [5.41, 5.74) is 1.84. The van der Waals surface area contributed by atoms with Crippen molar-refractivity contribution in [2.75, 3.05) is 11.1 Å². The normalized spacial score (nSPS) is 10.8. The van der Waals surface area contributed by atoms with Gasteiger partial charge in [-0.3, -0.25) is 4.79 Å². The van der Waals surface area contributed by atoms with Crippen molar-refractivity contribution in [2.24, 2.45) is 0 Å². The third-order valence-electron chi connectivity index (χ3n) is 3.18. The molecule has 1 amide bonds. The number of carbonyl (C=O) groups is 1. The van der Waals surface area contributed by atoms with Gasteiger partial charge in [0.25, 0.3) is 0 Å². The summed E-state index contributed by atoms with van der Waals surface area (Å²) in [5.74, 6) is 0.984. The molecule has 0 spiro atoms. The van der Waals surface area contributed by atoms with Crippen LogP contribution in [-0.4, -0.2) is 16.6 Å². The Kier molecular flexibility index (Phi) is 5.94. The Hall–Kier alpha value is -1.34. The number of aromatic nitrogens is 1. The predicted molar refractivity (Wildman–Crippen MR) is 106 cm³/mol. The van der Waals surface area contributed by atoms with Gasteiger partial charge in [0.1, 0.15) is 0 Å². The molecule has 24 heavy (non-hydrogen) atoms. The second kappa shape index (κ2) is 8.16. The van der Waals surface area contributed by atoms with Crippen molar-refractivity contribution in [2.45, 2.75) is 18.2 Å². The highest BCUT2D eigenvalue weighted by molar-refractivity contribution is 7.99. The number of nitrogens with zero attached hydrogens (tertiary/aromatic N) is 1. The Balaban J connectivity index is 1.59. The zero-order valence-corrected chi connectivity index (χ0v) is 16.1. The van der Waals surface area contributed by atoms with Crippen LogP contribution in [0, 0.1) is 0 Å². The van der Waals surface area contributed by atoms with E-state index in [0.29, 0.717) is 11.6 Å². The molecule has 0 fully saturated rings. The van der Waals surface area contributed by atoms with Gasteiger partial charge in [-0.05, 0) is 35.6 Å². The quantitative estimate of drug-likeness (QED) is 0.535. The average molecular weight is 395 g/mol. The fourth-order valence-electron chi connectivity index (χ4n) is 2.12. The van der Waals surface area contributed by atoms with Crippen LogP contribution in [0.4, 0.5) is 5.13 Å². The molecule has 3 aromatic rings. The largest absolute Gasteiger partial charge is 0.302 e. The van der Waals surface area contributed by atoms with Crippen LogP contribution in [0.25, 0.3) is 10.6 Å². The molecular formula is C17H15ClN2OS3. The molecule has 0 aliphatic rings. The third-order valence-corrected chi connectivity index (χ3v) is 6.08. The van der Waals surface area contributed by atoms with E-state index >= 15 is 0 Å². The first-order chi connectivity index (χ1) is 11.6. The van der Waals surface area contributed by atoms with Crippen molar-refractivity contribution >= 4 is 57.1 Å². The number of nitrogens with one attached hydrogen (secondary N) is 1. The molecule has 3 rings (SSSR count). The molecule has 124 valence electrons. The molecule has 0 bridgehead atoms. The number of anilines is 1. The van der Waals surface area contributed by atoms with Crippen LogP contribution in [0.1, 0.15) is 12.5 Å². The molecule has 1 N–H and O–H groups in total. The van der Waals surface area contributed by atoms with Crippen LogP contribution in [0.3, 0.4) is 0 Å². The zero-order valence-electron chi connectivity index (χ0n) is 12.9. The van der Waals surface area contributed by atoms with E-state index in [4.69, 9.17) is 11.6 Å². The molecular weight excluding hydrogens is 380 g/mol. The smallest absolute Gasteiger partial charge is 0.230 e. The Morgan fingerprint density at radius 2 is 2.04 bits per heavy atom. The molecule has 7 heteroatoms. The molecule has 0 aliphatic heterocycles. The van der Waals surface area contributed by atoms with Gasteiger partial charge in [0, 0.05) is 10.3 Å². The number of thiophene rings is 1. The molecule has 0 aliphatic carbocycles. The van der Waals surface area contributed by atoms with Gasteiger partial charge in [0.05, 0.1) is 21.3 Å². The van der Waals surface area contributed by atoms with Gasteiger partial charge in [0.15, 0.2) is 5.13 Å². The number of halogens is 1. The SMILES string of the molecule is CCSc1ccc(CC(=O)Nc2nc(-c3ccc(Cl)s3)cs2)cc1. The lowest BCUT2D eigenvalue weighted by atomic mass is 10.1. The van der Waals surface area contributed by atoms with Gasteiger partial charge in [-0.25, -0.2) is 4.98 Å². The second-order valence-electron chi connectivity index (χ2n) is 4.94. The summed E-state index contributed by atoms with van der Waals surface area (Å²) in [6.45, 7) is 2.12. The van der Waals surface area contributed by atoms with Crippen LogP contribution in [-0.2, 0) is 11.2 Å². The number of thioether (sulfide) groups is 1. The monoisotopic (exact) mass is 394 g/mol. The summed E-state index contributed by atoms with van der Waals surface area (Å²) in [5, 5.41) is 5.40. The van der Waals surface area contributed by atoms with Gasteiger partial charge >= 0.3 is 0 Å². The maximum Gasteiger partial charge on any atom is 0.230 e. The van der Waals surface area contributed by atoms with Gasteiger partial charge in [-0.15, -0.1) is 34.4 Å². The fraction of sp³-hybridized carbons (Fsp3) is 0.176. The average Bonchev–Trinajstić information content (AvgIpc) is 3.18. The van der Waals surface area contributed by atoms with E-state index in [9.17, 15) is 4.79 Å². The third kappa shape index (κ3) is 4.60. The van der Waals surface area contributed by atoms with E-state index in [0.717, 1.165) is 26.2 Å². The summed E-state index contributed by atoms with van der Waals surface area (Å²) in [7, 11) is 0. The maximum atomic E-state index is 12.2. The molecule has 2 aromatic heterocycles. The van der Waals surface area contributed by atoms with Crippen LogP contribution >= 0.6 is 46.0 Å². The van der Waals surface area contributed by atoms with E-state index in [1.54, 1.807) is 11.8 Å². The summed E-state index contributed by atoms with van der Waals surface area (Å²) < 4.78 is 0.730. The minimum absolute atomic E-state index is 0.0593. The van der Waals surface area contributed by atoms with Crippen molar-refractivity contribution in [3.8, 4) is 10.6 Å². The number of benzene rings is 1. The number of hydrogen-bond donors (Lipinski definition) is 1. The molecule has 0 unspecified atom stereocenters. The zero-order chi connectivity index (χ0) is 16.9. The predicted octanol–water partition coefficient (Wildman–Crippen LogP) is 5.82. The van der Waals surface area contributed by atoms with Gasteiger partial charge in [-0.1, -0.05) is 30.7 Å². The van der Waals surface area contributed by atoms with E-state index < -0.39 is 0 Å². The molecule has 0 saturated heterocycles. The summed E-state index contributed by atoms with van der Waals surface area (Å²) in [6, 6.07) is 11.9. The number of carbonyl (C=O) groups excluding carboxylic acids is 1. The highest BCUT2D eigenvalue weighted by atomic mass is 35.5. The molecule has 1 aromatic carbocycles. The molecule has 3 nitrogen and oxygen atoms in total. The standard InChI is InChI=1S/C17H15ClN2OS3/c1-2-22-12-5-3-11(4-6-12)9-16(21)20-17-19-13(10-23-17)14-7-8-15(18)24-14/h3-8,10H,2,9H2,1H3,(H,19,20,21). The van der Waals surface area contributed by atoms with Crippen molar-refractivity contribution < 1.29 is 4.79 Å². The van der Waals surface area contributed by atoms with Crippen LogP contribution in [0.15, 0.2) is 46.7 Å². The maximum absolute atomic E-state index is 12.2. The molecule has 2 heterocycles. The van der Waals surface area contributed by atoms with Gasteiger partial charge in [0.2, 0.25) is 5.91 Å². The van der Waals surface area contributed by atoms with Crippen LogP contribution in [0.2, 0.25) is 4.34 Å². The Labute approximate surface area is 158 Å². The van der Waals surface area contributed by atoms with Crippen molar-refractivity contribution in [3.05, 3.63) is 51.7 Å².